The van der Waals surface area contributed by atoms with Crippen LogP contribution in [0.1, 0.15) is 5.56 Å². The molecule has 0 heterocycles. The van der Waals surface area contributed by atoms with Gasteiger partial charge in [0.2, 0.25) is 0 Å². The van der Waals surface area contributed by atoms with E-state index in [0.29, 0.717) is 15.8 Å². The van der Waals surface area contributed by atoms with E-state index in [4.69, 9.17) is 0 Å². The van der Waals surface area contributed by atoms with Gasteiger partial charge in [0.1, 0.15) is 0 Å². The van der Waals surface area contributed by atoms with E-state index < -0.39 is 0 Å². The number of aromatic hydroxyl groups is 2. The van der Waals surface area contributed by atoms with Crippen molar-refractivity contribution >= 4 is 34.2 Å². The van der Waals surface area contributed by atoms with E-state index in [-0.39, 0.29) is 11.5 Å². The van der Waals surface area contributed by atoms with Crippen LogP contribution in [0.4, 0.5) is 0 Å². The second kappa shape index (κ2) is 3.82. The van der Waals surface area contributed by atoms with Gasteiger partial charge in [-0.05, 0) is 35.2 Å². The summed E-state index contributed by atoms with van der Waals surface area (Å²) in [6.45, 7) is 1.74. The Kier molecular flexibility index (Phi) is 2.38. The molecule has 0 radical (unpaired) electrons. The monoisotopic (exact) mass is 256 g/mol. The van der Waals surface area contributed by atoms with Crippen molar-refractivity contribution in [3.63, 3.8) is 0 Å². The van der Waals surface area contributed by atoms with Crippen LogP contribution in [0.15, 0.2) is 41.3 Å². The molecule has 0 aliphatic carbocycles. The van der Waals surface area contributed by atoms with Gasteiger partial charge in [0.05, 0.1) is 0 Å². The van der Waals surface area contributed by atoms with Crippen LogP contribution in [0.2, 0.25) is 0 Å². The Hall–Kier alpha value is -1.87. The van der Waals surface area contributed by atoms with E-state index in [0.717, 1.165) is 16.2 Å². The van der Waals surface area contributed by atoms with Crippen molar-refractivity contribution in [2.24, 2.45) is 0 Å². The topological polar surface area (TPSA) is 40.5 Å². The molecule has 2 nitrogen and oxygen atoms in total. The first-order valence-corrected chi connectivity index (χ1v) is 6.10. The number of hydrogen-bond donors (Lipinski definition) is 3. The molecule has 0 aromatic heterocycles. The Balaban J connectivity index is 2.58. The van der Waals surface area contributed by atoms with Crippen molar-refractivity contribution in [3.05, 3.63) is 42.0 Å². The molecule has 3 aromatic carbocycles. The first kappa shape index (κ1) is 11.2. The molecule has 90 valence electrons. The maximum atomic E-state index is 10.0. The summed E-state index contributed by atoms with van der Waals surface area (Å²) in [6.07, 6.45) is 0. The maximum absolute atomic E-state index is 10.0. The maximum Gasteiger partial charge on any atom is 0.165 e. The molecule has 0 amide bonds. The number of benzene rings is 3. The van der Waals surface area contributed by atoms with Crippen molar-refractivity contribution in [1.82, 2.24) is 0 Å². The van der Waals surface area contributed by atoms with Gasteiger partial charge < -0.3 is 10.2 Å². The molecule has 0 aliphatic rings. The standard InChI is InChI=1S/C15H12O2S/c1-8-13(16)14(17)11-6-9-4-2-3-5-10(9)7-12(11)15(8)18/h2-7,16-18H,1H3. The summed E-state index contributed by atoms with van der Waals surface area (Å²) in [6, 6.07) is 11.8. The summed E-state index contributed by atoms with van der Waals surface area (Å²) in [4.78, 5) is 0.700. The van der Waals surface area contributed by atoms with Crippen LogP contribution in [-0.2, 0) is 0 Å². The van der Waals surface area contributed by atoms with Crippen molar-refractivity contribution in [3.8, 4) is 11.5 Å². The van der Waals surface area contributed by atoms with E-state index in [1.54, 1.807) is 6.92 Å². The van der Waals surface area contributed by atoms with E-state index in [1.165, 1.54) is 0 Å². The highest BCUT2D eigenvalue weighted by atomic mass is 32.1. The van der Waals surface area contributed by atoms with Gasteiger partial charge in [0, 0.05) is 15.8 Å². The Morgan fingerprint density at radius 2 is 1.44 bits per heavy atom. The number of thiol groups is 1. The van der Waals surface area contributed by atoms with Crippen molar-refractivity contribution in [2.45, 2.75) is 11.8 Å². The fraction of sp³-hybridized carbons (Fsp3) is 0.0667. The highest BCUT2D eigenvalue weighted by molar-refractivity contribution is 7.80. The minimum absolute atomic E-state index is 0.0777. The zero-order valence-electron chi connectivity index (χ0n) is 9.81. The molecule has 0 aliphatic heterocycles. The van der Waals surface area contributed by atoms with Gasteiger partial charge in [-0.3, -0.25) is 0 Å². The molecule has 3 heteroatoms. The summed E-state index contributed by atoms with van der Waals surface area (Å²) in [7, 11) is 0. The smallest absolute Gasteiger partial charge is 0.165 e. The van der Waals surface area contributed by atoms with Gasteiger partial charge in [-0.2, -0.15) is 0 Å². The molecule has 0 saturated carbocycles. The third-order valence-electron chi connectivity index (χ3n) is 3.33. The predicted molar refractivity (Wildman–Crippen MR) is 76.8 cm³/mol. The molecule has 3 rings (SSSR count). The van der Waals surface area contributed by atoms with E-state index in [1.807, 2.05) is 36.4 Å². The first-order valence-electron chi connectivity index (χ1n) is 5.65. The van der Waals surface area contributed by atoms with Crippen LogP contribution >= 0.6 is 12.6 Å². The highest BCUT2D eigenvalue weighted by Gasteiger charge is 2.14. The van der Waals surface area contributed by atoms with E-state index in [2.05, 4.69) is 12.6 Å². The normalized spacial score (nSPS) is 11.2. The minimum Gasteiger partial charge on any atom is -0.504 e. The van der Waals surface area contributed by atoms with E-state index in [9.17, 15) is 10.2 Å². The van der Waals surface area contributed by atoms with Crippen LogP contribution in [0, 0.1) is 6.92 Å². The van der Waals surface area contributed by atoms with Crippen LogP contribution in [0.3, 0.4) is 0 Å². The lowest BCUT2D eigenvalue weighted by atomic mass is 10.0. The largest absolute Gasteiger partial charge is 0.504 e. The second-order valence-corrected chi connectivity index (χ2v) is 4.86. The van der Waals surface area contributed by atoms with Gasteiger partial charge in [-0.15, -0.1) is 12.6 Å². The number of phenols is 2. The summed E-state index contributed by atoms with van der Waals surface area (Å²) in [5, 5.41) is 23.5. The molecule has 0 atom stereocenters. The number of phenolic OH excluding ortho intramolecular Hbond substituents is 2. The summed E-state index contributed by atoms with van der Waals surface area (Å²) in [5.41, 5.74) is 0.596. The van der Waals surface area contributed by atoms with Crippen molar-refractivity contribution in [1.29, 1.82) is 0 Å². The minimum atomic E-state index is -0.0946. The fourth-order valence-corrected chi connectivity index (χ4v) is 2.54. The fourth-order valence-electron chi connectivity index (χ4n) is 2.25. The quantitative estimate of drug-likeness (QED) is 0.323. The van der Waals surface area contributed by atoms with Crippen LogP contribution in [-0.4, -0.2) is 10.2 Å². The van der Waals surface area contributed by atoms with Gasteiger partial charge in [-0.1, -0.05) is 24.3 Å². The molecular weight excluding hydrogens is 244 g/mol. The van der Waals surface area contributed by atoms with Crippen LogP contribution in [0.25, 0.3) is 21.5 Å². The molecular formula is C15H12O2S. The molecule has 0 spiro atoms. The number of fused-ring (bicyclic) bond motifs is 2. The van der Waals surface area contributed by atoms with Crippen molar-refractivity contribution in [2.75, 3.05) is 0 Å². The lowest BCUT2D eigenvalue weighted by Gasteiger charge is -2.11. The first-order chi connectivity index (χ1) is 8.59. The van der Waals surface area contributed by atoms with Gasteiger partial charge in [0.25, 0.3) is 0 Å². The Morgan fingerprint density at radius 3 is 2.06 bits per heavy atom. The number of rotatable bonds is 0. The average Bonchev–Trinajstić information content (AvgIpc) is 2.41. The molecule has 2 N–H and O–H groups in total. The average molecular weight is 256 g/mol. The Labute approximate surface area is 110 Å². The summed E-state index contributed by atoms with van der Waals surface area (Å²) in [5.74, 6) is -0.172. The third kappa shape index (κ3) is 1.44. The molecule has 0 fully saturated rings. The van der Waals surface area contributed by atoms with Gasteiger partial charge >= 0.3 is 0 Å². The number of hydrogen-bond acceptors (Lipinski definition) is 3. The predicted octanol–water partition coefficient (Wildman–Crippen LogP) is 4.00. The Morgan fingerprint density at radius 1 is 0.889 bits per heavy atom. The zero-order chi connectivity index (χ0) is 12.9. The zero-order valence-corrected chi connectivity index (χ0v) is 10.7. The molecule has 0 bridgehead atoms. The lowest BCUT2D eigenvalue weighted by molar-refractivity contribution is 0.404. The SMILES string of the molecule is Cc1c(O)c(O)c2cc3ccccc3cc2c1S. The Bertz CT molecular complexity index is 712. The van der Waals surface area contributed by atoms with Gasteiger partial charge in [-0.25, -0.2) is 0 Å². The van der Waals surface area contributed by atoms with Crippen LogP contribution < -0.4 is 0 Å². The molecule has 0 saturated heterocycles. The lowest BCUT2D eigenvalue weighted by Crippen LogP contribution is -1.85. The van der Waals surface area contributed by atoms with Crippen LogP contribution in [0.5, 0.6) is 11.5 Å². The molecule has 3 aromatic rings. The third-order valence-corrected chi connectivity index (χ3v) is 3.91. The molecule has 18 heavy (non-hydrogen) atoms. The summed E-state index contributed by atoms with van der Waals surface area (Å²) >= 11 is 4.44. The second-order valence-electron chi connectivity index (χ2n) is 4.42. The van der Waals surface area contributed by atoms with Gasteiger partial charge in [0.15, 0.2) is 11.5 Å². The van der Waals surface area contributed by atoms with E-state index >= 15 is 0 Å². The summed E-state index contributed by atoms with van der Waals surface area (Å²) < 4.78 is 0. The highest BCUT2D eigenvalue weighted by Crippen LogP contribution is 2.42. The molecule has 0 unspecified atom stereocenters. The van der Waals surface area contributed by atoms with Crippen molar-refractivity contribution < 1.29 is 10.2 Å².